The Morgan fingerprint density at radius 1 is 1.14 bits per heavy atom. The standard InChI is InChI=1S/C19H29F3N4O2/c1-4-9-24-17(27)8-10-25-18(23-5-2)26-12-15-7-6-14(3)11-16(15)28-13-19(20,21)22/h6-7,11H,4-5,8-10,12-13H2,1-3H3,(H,24,27)(H2,23,25,26). The highest BCUT2D eigenvalue weighted by Crippen LogP contribution is 2.24. The number of hydrogen-bond donors (Lipinski definition) is 3. The van der Waals surface area contributed by atoms with Gasteiger partial charge in [0.25, 0.3) is 0 Å². The third-order valence-electron chi connectivity index (χ3n) is 3.58. The summed E-state index contributed by atoms with van der Waals surface area (Å²) in [6, 6.07) is 5.06. The maximum absolute atomic E-state index is 12.5. The van der Waals surface area contributed by atoms with E-state index in [-0.39, 0.29) is 18.2 Å². The summed E-state index contributed by atoms with van der Waals surface area (Å²) in [5, 5.41) is 8.87. The van der Waals surface area contributed by atoms with Gasteiger partial charge in [0.2, 0.25) is 5.91 Å². The molecule has 0 aliphatic rings. The lowest BCUT2D eigenvalue weighted by molar-refractivity contribution is -0.153. The van der Waals surface area contributed by atoms with Gasteiger partial charge in [0, 0.05) is 31.6 Å². The summed E-state index contributed by atoms with van der Waals surface area (Å²) in [6.07, 6.45) is -3.23. The minimum Gasteiger partial charge on any atom is -0.484 e. The molecule has 6 nitrogen and oxygen atoms in total. The Labute approximate surface area is 163 Å². The molecule has 0 heterocycles. The number of guanidine groups is 1. The molecule has 0 fully saturated rings. The second-order valence-electron chi connectivity index (χ2n) is 6.24. The summed E-state index contributed by atoms with van der Waals surface area (Å²) in [6.45, 7) is 6.10. The van der Waals surface area contributed by atoms with E-state index in [4.69, 9.17) is 4.74 Å². The van der Waals surface area contributed by atoms with Crippen molar-refractivity contribution in [1.29, 1.82) is 0 Å². The fourth-order valence-corrected chi connectivity index (χ4v) is 2.24. The molecule has 1 rings (SSSR count). The molecule has 9 heteroatoms. The molecular weight excluding hydrogens is 373 g/mol. The van der Waals surface area contributed by atoms with E-state index >= 15 is 0 Å². The number of alkyl halides is 3. The monoisotopic (exact) mass is 402 g/mol. The number of aliphatic imine (C=N–C) groups is 1. The van der Waals surface area contributed by atoms with Crippen molar-refractivity contribution in [1.82, 2.24) is 16.0 Å². The fraction of sp³-hybridized carbons (Fsp3) is 0.579. The lowest BCUT2D eigenvalue weighted by atomic mass is 10.1. The van der Waals surface area contributed by atoms with Crippen molar-refractivity contribution < 1.29 is 22.7 Å². The molecule has 3 N–H and O–H groups in total. The molecule has 1 amide bonds. The van der Waals surface area contributed by atoms with Crippen molar-refractivity contribution >= 4 is 11.9 Å². The topological polar surface area (TPSA) is 74.8 Å². The average molecular weight is 402 g/mol. The Kier molecular flexibility index (Phi) is 10.2. The third kappa shape index (κ3) is 10.0. The van der Waals surface area contributed by atoms with Gasteiger partial charge in [-0.2, -0.15) is 13.2 Å². The number of carbonyl (C=O) groups excluding carboxylic acids is 1. The van der Waals surface area contributed by atoms with Crippen LogP contribution < -0.4 is 20.7 Å². The first kappa shape index (κ1) is 23.6. The van der Waals surface area contributed by atoms with Gasteiger partial charge in [0.05, 0.1) is 6.54 Å². The molecule has 0 aliphatic heterocycles. The van der Waals surface area contributed by atoms with Crippen molar-refractivity contribution in [3.05, 3.63) is 29.3 Å². The lowest BCUT2D eigenvalue weighted by Crippen LogP contribution is -2.39. The van der Waals surface area contributed by atoms with Crippen LogP contribution in [-0.4, -0.2) is 44.3 Å². The molecule has 1 aromatic rings. The zero-order chi connectivity index (χ0) is 21.0. The number of nitrogens with zero attached hydrogens (tertiary/aromatic N) is 1. The molecule has 0 bridgehead atoms. The molecule has 28 heavy (non-hydrogen) atoms. The third-order valence-corrected chi connectivity index (χ3v) is 3.58. The van der Waals surface area contributed by atoms with Crippen molar-refractivity contribution in [3.63, 3.8) is 0 Å². The first-order chi connectivity index (χ1) is 13.2. The largest absolute Gasteiger partial charge is 0.484 e. The van der Waals surface area contributed by atoms with Gasteiger partial charge in [0.15, 0.2) is 12.6 Å². The summed E-state index contributed by atoms with van der Waals surface area (Å²) < 4.78 is 42.3. The SMILES string of the molecule is CCCNC(=O)CCNC(=NCc1ccc(C)cc1OCC(F)(F)F)NCC. The Morgan fingerprint density at radius 3 is 2.54 bits per heavy atom. The van der Waals surface area contributed by atoms with E-state index in [2.05, 4.69) is 20.9 Å². The number of halogens is 3. The summed E-state index contributed by atoms with van der Waals surface area (Å²) in [4.78, 5) is 16.0. The molecular formula is C19H29F3N4O2. The maximum Gasteiger partial charge on any atom is 0.422 e. The summed E-state index contributed by atoms with van der Waals surface area (Å²) in [5.41, 5.74) is 1.35. The van der Waals surface area contributed by atoms with Crippen molar-refractivity contribution in [2.24, 2.45) is 4.99 Å². The highest BCUT2D eigenvalue weighted by Gasteiger charge is 2.28. The zero-order valence-corrected chi connectivity index (χ0v) is 16.6. The second kappa shape index (κ2) is 12.1. The van der Waals surface area contributed by atoms with E-state index in [0.29, 0.717) is 37.6 Å². The van der Waals surface area contributed by atoms with E-state index in [0.717, 1.165) is 12.0 Å². The van der Waals surface area contributed by atoms with E-state index in [1.807, 2.05) is 13.8 Å². The Balaban J connectivity index is 2.71. The number of rotatable bonds is 10. The van der Waals surface area contributed by atoms with E-state index in [1.165, 1.54) is 0 Å². The number of ether oxygens (including phenoxy) is 1. The van der Waals surface area contributed by atoms with Crippen molar-refractivity contribution in [2.75, 3.05) is 26.2 Å². The van der Waals surface area contributed by atoms with Crippen molar-refractivity contribution in [2.45, 2.75) is 46.3 Å². The second-order valence-corrected chi connectivity index (χ2v) is 6.24. The van der Waals surface area contributed by atoms with Gasteiger partial charge >= 0.3 is 6.18 Å². The zero-order valence-electron chi connectivity index (χ0n) is 16.6. The molecule has 0 spiro atoms. The predicted molar refractivity (Wildman–Crippen MR) is 103 cm³/mol. The number of benzene rings is 1. The van der Waals surface area contributed by atoms with Crippen LogP contribution in [0.25, 0.3) is 0 Å². The highest BCUT2D eigenvalue weighted by atomic mass is 19.4. The Bertz CT molecular complexity index is 649. The minimum atomic E-state index is -4.40. The first-order valence-electron chi connectivity index (χ1n) is 9.33. The molecule has 0 saturated carbocycles. The van der Waals surface area contributed by atoms with Crippen LogP contribution in [-0.2, 0) is 11.3 Å². The predicted octanol–water partition coefficient (Wildman–Crippen LogP) is 2.91. The molecule has 0 radical (unpaired) electrons. The van der Waals surface area contributed by atoms with Crippen LogP contribution in [0.4, 0.5) is 13.2 Å². The van der Waals surface area contributed by atoms with Gasteiger partial charge in [-0.05, 0) is 31.9 Å². The number of nitrogens with one attached hydrogen (secondary N) is 3. The van der Waals surface area contributed by atoms with Crippen LogP contribution >= 0.6 is 0 Å². The summed E-state index contributed by atoms with van der Waals surface area (Å²) >= 11 is 0. The molecule has 0 aromatic heterocycles. The van der Waals surface area contributed by atoms with E-state index in [9.17, 15) is 18.0 Å². The van der Waals surface area contributed by atoms with Gasteiger partial charge in [0.1, 0.15) is 5.75 Å². The van der Waals surface area contributed by atoms with Crippen LogP contribution in [0.5, 0.6) is 5.75 Å². The molecule has 1 aromatic carbocycles. The van der Waals surface area contributed by atoms with Crippen LogP contribution in [0.2, 0.25) is 0 Å². The first-order valence-corrected chi connectivity index (χ1v) is 9.33. The average Bonchev–Trinajstić information content (AvgIpc) is 2.63. The quantitative estimate of drug-likeness (QED) is 0.416. The summed E-state index contributed by atoms with van der Waals surface area (Å²) in [5.74, 6) is 0.593. The highest BCUT2D eigenvalue weighted by molar-refractivity contribution is 5.81. The van der Waals surface area contributed by atoms with E-state index in [1.54, 1.807) is 25.1 Å². The van der Waals surface area contributed by atoms with E-state index < -0.39 is 12.8 Å². The minimum absolute atomic E-state index is 0.0495. The molecule has 158 valence electrons. The van der Waals surface area contributed by atoms with Crippen LogP contribution in [0, 0.1) is 6.92 Å². The van der Waals surface area contributed by atoms with Crippen LogP contribution in [0.3, 0.4) is 0 Å². The lowest BCUT2D eigenvalue weighted by Gasteiger charge is -2.14. The van der Waals surface area contributed by atoms with Gasteiger partial charge in [-0.15, -0.1) is 0 Å². The molecule has 0 atom stereocenters. The van der Waals surface area contributed by atoms with Gasteiger partial charge < -0.3 is 20.7 Å². The molecule has 0 aliphatic carbocycles. The Hall–Kier alpha value is -2.45. The Morgan fingerprint density at radius 2 is 1.89 bits per heavy atom. The van der Waals surface area contributed by atoms with Gasteiger partial charge in [-0.1, -0.05) is 19.1 Å². The number of aryl methyl sites for hydroxylation is 1. The smallest absolute Gasteiger partial charge is 0.422 e. The molecule has 0 unspecified atom stereocenters. The number of amides is 1. The van der Waals surface area contributed by atoms with Crippen LogP contribution in [0.1, 0.15) is 37.8 Å². The van der Waals surface area contributed by atoms with Gasteiger partial charge in [-0.25, -0.2) is 4.99 Å². The number of carbonyl (C=O) groups is 1. The van der Waals surface area contributed by atoms with Crippen LogP contribution in [0.15, 0.2) is 23.2 Å². The van der Waals surface area contributed by atoms with Crippen molar-refractivity contribution in [3.8, 4) is 5.75 Å². The molecule has 0 saturated heterocycles. The summed E-state index contributed by atoms with van der Waals surface area (Å²) in [7, 11) is 0. The fourth-order valence-electron chi connectivity index (χ4n) is 2.24. The maximum atomic E-state index is 12.5. The van der Waals surface area contributed by atoms with Gasteiger partial charge in [-0.3, -0.25) is 4.79 Å². The number of hydrogen-bond acceptors (Lipinski definition) is 3. The normalized spacial score (nSPS) is 11.9.